The van der Waals surface area contributed by atoms with Gasteiger partial charge in [0.05, 0.1) is 0 Å². The molecule has 2 rings (SSSR count). The molecule has 2 aromatic rings. The summed E-state index contributed by atoms with van der Waals surface area (Å²) < 4.78 is 5.45. The highest BCUT2D eigenvalue weighted by atomic mass is 16.3. The second-order valence-corrected chi connectivity index (χ2v) is 3.72. The molecular weight excluding hydrogens is 228 g/mol. The van der Waals surface area contributed by atoms with Crippen molar-refractivity contribution in [2.75, 3.05) is 6.54 Å². The summed E-state index contributed by atoms with van der Waals surface area (Å²) in [5.41, 5.74) is 1.49. The Balaban J connectivity index is 1.99. The van der Waals surface area contributed by atoms with E-state index in [2.05, 4.69) is 16.9 Å². The number of nitrogens with zero attached hydrogens (tertiary/aromatic N) is 1. The van der Waals surface area contributed by atoms with Crippen molar-refractivity contribution in [3.63, 3.8) is 0 Å². The first kappa shape index (κ1) is 12.1. The number of carbonyl (C=O) groups excluding carboxylic acids is 1. The molecule has 92 valence electrons. The highest BCUT2D eigenvalue weighted by Gasteiger charge is 2.01. The van der Waals surface area contributed by atoms with Crippen LogP contribution in [0.4, 0.5) is 0 Å². The van der Waals surface area contributed by atoms with Crippen LogP contribution in [0, 0.1) is 0 Å². The van der Waals surface area contributed by atoms with Gasteiger partial charge in [0, 0.05) is 18.7 Å². The lowest BCUT2D eigenvalue weighted by Gasteiger charge is -1.96. The molecule has 0 saturated carbocycles. The van der Waals surface area contributed by atoms with Crippen molar-refractivity contribution in [1.82, 2.24) is 10.3 Å². The summed E-state index contributed by atoms with van der Waals surface area (Å²) >= 11 is 0. The summed E-state index contributed by atoms with van der Waals surface area (Å²) in [4.78, 5) is 15.6. The Hall–Kier alpha value is -2.36. The van der Waals surface area contributed by atoms with Crippen LogP contribution in [0.25, 0.3) is 17.2 Å². The second kappa shape index (κ2) is 5.82. The average molecular weight is 242 g/mol. The molecule has 0 aliphatic carbocycles. The molecule has 1 aromatic carbocycles. The predicted molar refractivity (Wildman–Crippen MR) is 70.9 cm³/mol. The number of carbonyl (C=O) groups is 1. The summed E-state index contributed by atoms with van der Waals surface area (Å²) in [6.07, 6.45) is 5.48. The zero-order valence-electron chi connectivity index (χ0n) is 9.93. The Morgan fingerprint density at radius 3 is 3.06 bits per heavy atom. The zero-order chi connectivity index (χ0) is 12.8. The minimum Gasteiger partial charge on any atom is -0.437 e. The molecule has 0 fully saturated rings. The Kier molecular flexibility index (Phi) is 3.91. The van der Waals surface area contributed by atoms with Crippen LogP contribution in [0.15, 0.2) is 47.4 Å². The van der Waals surface area contributed by atoms with Gasteiger partial charge < -0.3 is 9.73 Å². The van der Waals surface area contributed by atoms with Gasteiger partial charge in [-0.1, -0.05) is 18.2 Å². The number of fused-ring (bicyclic) bond motifs is 1. The second-order valence-electron chi connectivity index (χ2n) is 3.72. The van der Waals surface area contributed by atoms with E-state index in [4.69, 9.17) is 4.42 Å². The Labute approximate surface area is 105 Å². The van der Waals surface area contributed by atoms with E-state index in [0.29, 0.717) is 18.0 Å². The monoisotopic (exact) mass is 242 g/mol. The number of oxazole rings is 1. The molecule has 0 radical (unpaired) electrons. The summed E-state index contributed by atoms with van der Waals surface area (Å²) in [6, 6.07) is 7.47. The lowest BCUT2D eigenvalue weighted by atomic mass is 10.3. The molecule has 0 spiro atoms. The minimum atomic E-state index is -0.167. The van der Waals surface area contributed by atoms with Crippen LogP contribution < -0.4 is 5.32 Å². The van der Waals surface area contributed by atoms with E-state index in [0.717, 1.165) is 11.9 Å². The van der Waals surface area contributed by atoms with Crippen LogP contribution >= 0.6 is 0 Å². The molecule has 18 heavy (non-hydrogen) atoms. The molecule has 1 heterocycles. The molecule has 0 unspecified atom stereocenters. The van der Waals surface area contributed by atoms with Gasteiger partial charge >= 0.3 is 0 Å². The molecule has 1 aromatic heterocycles. The number of hydrogen-bond donors (Lipinski definition) is 1. The van der Waals surface area contributed by atoms with Gasteiger partial charge in [-0.05, 0) is 18.6 Å². The van der Waals surface area contributed by atoms with Gasteiger partial charge in [-0.25, -0.2) is 4.98 Å². The first-order valence-corrected chi connectivity index (χ1v) is 5.72. The zero-order valence-corrected chi connectivity index (χ0v) is 9.93. The third-order valence-electron chi connectivity index (χ3n) is 2.34. The van der Waals surface area contributed by atoms with Crippen LogP contribution in [0.1, 0.15) is 12.3 Å². The number of nitrogens with one attached hydrogen (secondary N) is 1. The van der Waals surface area contributed by atoms with Gasteiger partial charge in [-0.15, -0.1) is 6.58 Å². The SMILES string of the molecule is C=CCCNC(=O)/C=C/c1nc2ccccc2o1. The summed E-state index contributed by atoms with van der Waals surface area (Å²) in [7, 11) is 0. The van der Waals surface area contributed by atoms with E-state index in [1.807, 2.05) is 24.3 Å². The van der Waals surface area contributed by atoms with E-state index in [1.165, 1.54) is 6.08 Å². The standard InChI is InChI=1S/C14H14N2O2/c1-2-3-10-15-13(17)8-9-14-16-11-6-4-5-7-12(11)18-14/h2,4-9H,1,3,10H2,(H,15,17)/b9-8+. The predicted octanol–water partition coefficient (Wildman–Crippen LogP) is 2.53. The smallest absolute Gasteiger partial charge is 0.244 e. The van der Waals surface area contributed by atoms with E-state index < -0.39 is 0 Å². The largest absolute Gasteiger partial charge is 0.437 e. The molecular formula is C14H14N2O2. The van der Waals surface area contributed by atoms with Gasteiger partial charge in [0.25, 0.3) is 0 Å². The van der Waals surface area contributed by atoms with Crippen molar-refractivity contribution >= 4 is 23.1 Å². The number of rotatable bonds is 5. The van der Waals surface area contributed by atoms with Gasteiger partial charge in [0.15, 0.2) is 5.58 Å². The van der Waals surface area contributed by atoms with Crippen molar-refractivity contribution in [2.45, 2.75) is 6.42 Å². The molecule has 0 atom stereocenters. The maximum absolute atomic E-state index is 11.4. The molecule has 4 heteroatoms. The normalized spacial score (nSPS) is 10.9. The number of amides is 1. The topological polar surface area (TPSA) is 55.1 Å². The quantitative estimate of drug-likeness (QED) is 0.498. The third kappa shape index (κ3) is 3.07. The number of para-hydroxylation sites is 2. The first-order valence-electron chi connectivity index (χ1n) is 5.72. The molecule has 0 bridgehead atoms. The van der Waals surface area contributed by atoms with Crippen LogP contribution in [-0.4, -0.2) is 17.4 Å². The highest BCUT2D eigenvalue weighted by molar-refractivity contribution is 5.91. The number of benzene rings is 1. The summed E-state index contributed by atoms with van der Waals surface area (Å²) in [6.45, 7) is 4.16. The Morgan fingerprint density at radius 2 is 2.28 bits per heavy atom. The fraction of sp³-hybridized carbons (Fsp3) is 0.143. The van der Waals surface area contributed by atoms with Gasteiger partial charge in [0.1, 0.15) is 5.52 Å². The average Bonchev–Trinajstić information content (AvgIpc) is 2.79. The van der Waals surface area contributed by atoms with Crippen LogP contribution in [0.5, 0.6) is 0 Å². The maximum Gasteiger partial charge on any atom is 0.244 e. The lowest BCUT2D eigenvalue weighted by molar-refractivity contribution is -0.116. The molecule has 0 saturated heterocycles. The fourth-order valence-electron chi connectivity index (χ4n) is 1.46. The molecule has 1 amide bonds. The number of aromatic nitrogens is 1. The Morgan fingerprint density at radius 1 is 1.44 bits per heavy atom. The van der Waals surface area contributed by atoms with E-state index >= 15 is 0 Å². The lowest BCUT2D eigenvalue weighted by Crippen LogP contribution is -2.21. The molecule has 1 N–H and O–H groups in total. The van der Waals surface area contributed by atoms with Crippen molar-refractivity contribution in [2.24, 2.45) is 0 Å². The summed E-state index contributed by atoms with van der Waals surface area (Å²) in [5.74, 6) is 0.258. The van der Waals surface area contributed by atoms with E-state index in [-0.39, 0.29) is 5.91 Å². The Bertz CT molecular complexity index is 551. The fourth-order valence-corrected chi connectivity index (χ4v) is 1.46. The number of hydrogen-bond acceptors (Lipinski definition) is 3. The van der Waals surface area contributed by atoms with Crippen LogP contribution in [0.3, 0.4) is 0 Å². The van der Waals surface area contributed by atoms with Crippen molar-refractivity contribution in [1.29, 1.82) is 0 Å². The van der Waals surface area contributed by atoms with E-state index in [9.17, 15) is 4.79 Å². The molecule has 0 aliphatic rings. The van der Waals surface area contributed by atoms with Crippen molar-refractivity contribution < 1.29 is 9.21 Å². The van der Waals surface area contributed by atoms with Crippen LogP contribution in [0.2, 0.25) is 0 Å². The van der Waals surface area contributed by atoms with Crippen molar-refractivity contribution in [3.8, 4) is 0 Å². The molecule has 0 aliphatic heterocycles. The highest BCUT2D eigenvalue weighted by Crippen LogP contribution is 2.15. The molecule has 4 nitrogen and oxygen atoms in total. The van der Waals surface area contributed by atoms with Crippen LogP contribution in [-0.2, 0) is 4.79 Å². The van der Waals surface area contributed by atoms with Crippen molar-refractivity contribution in [3.05, 3.63) is 48.9 Å². The third-order valence-corrected chi connectivity index (χ3v) is 2.34. The van der Waals surface area contributed by atoms with Gasteiger partial charge in [-0.3, -0.25) is 4.79 Å². The van der Waals surface area contributed by atoms with Gasteiger partial charge in [-0.2, -0.15) is 0 Å². The minimum absolute atomic E-state index is 0.167. The van der Waals surface area contributed by atoms with E-state index in [1.54, 1.807) is 12.2 Å². The van der Waals surface area contributed by atoms with Gasteiger partial charge in [0.2, 0.25) is 11.8 Å². The summed E-state index contributed by atoms with van der Waals surface area (Å²) in [5, 5.41) is 2.72. The maximum atomic E-state index is 11.4. The first-order chi connectivity index (χ1) is 8.79.